The average molecular weight is 393 g/mol. The Labute approximate surface area is 167 Å². The zero-order chi connectivity index (χ0) is 20.5. The first-order valence-corrected chi connectivity index (χ1v) is 9.47. The number of nitrogens with zero attached hydrogens (tertiary/aromatic N) is 2. The van der Waals surface area contributed by atoms with Gasteiger partial charge in [0.15, 0.2) is 0 Å². The van der Waals surface area contributed by atoms with Crippen LogP contribution >= 0.6 is 0 Å². The molecule has 2 saturated heterocycles. The van der Waals surface area contributed by atoms with Crippen LogP contribution in [0.25, 0.3) is 6.08 Å². The van der Waals surface area contributed by atoms with Crippen molar-refractivity contribution in [3.05, 3.63) is 65.0 Å². The van der Waals surface area contributed by atoms with Crippen LogP contribution < -0.4 is 15.1 Å². The van der Waals surface area contributed by atoms with Crippen molar-refractivity contribution in [1.29, 1.82) is 0 Å². The van der Waals surface area contributed by atoms with Crippen LogP contribution in [0.2, 0.25) is 0 Å². The summed E-state index contributed by atoms with van der Waals surface area (Å²) < 4.78 is 14.7. The lowest BCUT2D eigenvalue weighted by atomic mass is 10.0. The molecule has 0 bridgehead atoms. The van der Waals surface area contributed by atoms with Crippen molar-refractivity contribution in [2.45, 2.75) is 19.8 Å². The number of urea groups is 1. The fourth-order valence-electron chi connectivity index (χ4n) is 3.65. The zero-order valence-electron chi connectivity index (χ0n) is 15.9. The van der Waals surface area contributed by atoms with Gasteiger partial charge in [0, 0.05) is 24.3 Å². The SMILES string of the molecule is Cc1ccccc1N1C(=O)NC(=O)C(=Cc2ccc(N3CCCC3)cc2F)C1=O. The molecule has 4 amide bonds. The average Bonchev–Trinajstić information content (AvgIpc) is 3.22. The Morgan fingerprint density at radius 3 is 2.45 bits per heavy atom. The zero-order valence-corrected chi connectivity index (χ0v) is 15.9. The smallest absolute Gasteiger partial charge is 0.335 e. The molecule has 2 heterocycles. The number of carbonyl (C=O) groups excluding carboxylic acids is 3. The molecule has 0 aromatic heterocycles. The van der Waals surface area contributed by atoms with Crippen LogP contribution in [-0.4, -0.2) is 30.9 Å². The Morgan fingerprint density at radius 2 is 1.76 bits per heavy atom. The number of para-hydroxylation sites is 1. The number of carbonyl (C=O) groups is 3. The number of halogens is 1. The maximum Gasteiger partial charge on any atom is 0.335 e. The Morgan fingerprint density at radius 1 is 1.03 bits per heavy atom. The minimum absolute atomic E-state index is 0.116. The van der Waals surface area contributed by atoms with Gasteiger partial charge in [0.25, 0.3) is 11.8 Å². The molecule has 0 unspecified atom stereocenters. The van der Waals surface area contributed by atoms with Crippen molar-refractivity contribution in [2.24, 2.45) is 0 Å². The highest BCUT2D eigenvalue weighted by Gasteiger charge is 2.37. The molecular weight excluding hydrogens is 373 g/mol. The number of amides is 4. The highest BCUT2D eigenvalue weighted by Crippen LogP contribution is 2.27. The second kappa shape index (κ2) is 7.50. The van der Waals surface area contributed by atoms with E-state index in [0.29, 0.717) is 11.3 Å². The minimum Gasteiger partial charge on any atom is -0.371 e. The summed E-state index contributed by atoms with van der Waals surface area (Å²) >= 11 is 0. The highest BCUT2D eigenvalue weighted by molar-refractivity contribution is 6.39. The van der Waals surface area contributed by atoms with E-state index in [0.717, 1.165) is 36.5 Å². The summed E-state index contributed by atoms with van der Waals surface area (Å²) in [5.74, 6) is -2.15. The van der Waals surface area contributed by atoms with Crippen molar-refractivity contribution in [3.63, 3.8) is 0 Å². The van der Waals surface area contributed by atoms with Gasteiger partial charge in [-0.05, 0) is 55.7 Å². The van der Waals surface area contributed by atoms with Gasteiger partial charge >= 0.3 is 6.03 Å². The van der Waals surface area contributed by atoms with E-state index >= 15 is 0 Å². The van der Waals surface area contributed by atoms with E-state index in [2.05, 4.69) is 10.2 Å². The molecule has 0 atom stereocenters. The van der Waals surface area contributed by atoms with Gasteiger partial charge in [-0.2, -0.15) is 0 Å². The number of benzene rings is 2. The molecule has 6 nitrogen and oxygen atoms in total. The third kappa shape index (κ3) is 3.51. The first kappa shape index (κ1) is 18.9. The summed E-state index contributed by atoms with van der Waals surface area (Å²) in [5, 5.41) is 2.16. The lowest BCUT2D eigenvalue weighted by molar-refractivity contribution is -0.122. The van der Waals surface area contributed by atoms with Gasteiger partial charge < -0.3 is 4.90 Å². The molecule has 2 aliphatic rings. The van der Waals surface area contributed by atoms with Crippen molar-refractivity contribution in [3.8, 4) is 0 Å². The Bertz CT molecular complexity index is 1040. The molecule has 2 fully saturated rings. The first-order valence-electron chi connectivity index (χ1n) is 9.47. The molecule has 4 rings (SSSR count). The molecule has 0 radical (unpaired) electrons. The second-order valence-electron chi connectivity index (χ2n) is 7.14. The van der Waals surface area contributed by atoms with Crippen molar-refractivity contribution >= 4 is 35.3 Å². The summed E-state index contributed by atoms with van der Waals surface area (Å²) in [7, 11) is 0. The van der Waals surface area contributed by atoms with Crippen LogP contribution in [-0.2, 0) is 9.59 Å². The van der Waals surface area contributed by atoms with Crippen LogP contribution in [0.3, 0.4) is 0 Å². The largest absolute Gasteiger partial charge is 0.371 e. The monoisotopic (exact) mass is 393 g/mol. The van der Waals surface area contributed by atoms with Gasteiger partial charge in [-0.15, -0.1) is 0 Å². The summed E-state index contributed by atoms with van der Waals surface area (Å²) in [6, 6.07) is 10.8. The van der Waals surface area contributed by atoms with Gasteiger partial charge in [-0.25, -0.2) is 14.1 Å². The number of hydrogen-bond donors (Lipinski definition) is 1. The van der Waals surface area contributed by atoms with Gasteiger partial charge in [0.1, 0.15) is 11.4 Å². The molecule has 2 aromatic carbocycles. The van der Waals surface area contributed by atoms with Crippen molar-refractivity contribution in [2.75, 3.05) is 22.9 Å². The van der Waals surface area contributed by atoms with Crippen molar-refractivity contribution < 1.29 is 18.8 Å². The molecule has 0 spiro atoms. The van der Waals surface area contributed by atoms with Crippen LogP contribution in [0.1, 0.15) is 24.0 Å². The highest BCUT2D eigenvalue weighted by atomic mass is 19.1. The second-order valence-corrected chi connectivity index (χ2v) is 7.14. The number of rotatable bonds is 3. The fourth-order valence-corrected chi connectivity index (χ4v) is 3.65. The predicted molar refractivity (Wildman–Crippen MR) is 108 cm³/mol. The Hall–Kier alpha value is -3.48. The molecule has 0 saturated carbocycles. The van der Waals surface area contributed by atoms with E-state index in [1.165, 1.54) is 12.1 Å². The third-order valence-electron chi connectivity index (χ3n) is 5.21. The summed E-state index contributed by atoms with van der Waals surface area (Å²) in [6.07, 6.45) is 3.34. The lowest BCUT2D eigenvalue weighted by Crippen LogP contribution is -2.54. The number of aryl methyl sites for hydroxylation is 1. The van der Waals surface area contributed by atoms with E-state index in [1.807, 2.05) is 0 Å². The number of nitrogens with one attached hydrogen (secondary N) is 1. The molecule has 2 aromatic rings. The van der Waals surface area contributed by atoms with E-state index in [4.69, 9.17) is 0 Å². The maximum absolute atomic E-state index is 14.7. The lowest BCUT2D eigenvalue weighted by Gasteiger charge is -2.27. The van der Waals surface area contributed by atoms with Crippen LogP contribution in [0.4, 0.5) is 20.6 Å². The van der Waals surface area contributed by atoms with Gasteiger partial charge in [0.05, 0.1) is 5.69 Å². The first-order chi connectivity index (χ1) is 14.0. The van der Waals surface area contributed by atoms with Crippen LogP contribution in [0.15, 0.2) is 48.0 Å². The standard InChI is InChI=1S/C22H20FN3O3/c1-14-6-2-3-7-19(14)26-21(28)17(20(27)24-22(26)29)12-15-8-9-16(13-18(15)23)25-10-4-5-11-25/h2-3,6-9,12-13H,4-5,10-11H2,1H3,(H,24,27,29). The van der Waals surface area contributed by atoms with E-state index < -0.39 is 23.7 Å². The topological polar surface area (TPSA) is 69.7 Å². The summed E-state index contributed by atoms with van der Waals surface area (Å²) in [4.78, 5) is 40.5. The van der Waals surface area contributed by atoms with Gasteiger partial charge in [0.2, 0.25) is 0 Å². The fraction of sp³-hybridized carbons (Fsp3) is 0.227. The molecule has 29 heavy (non-hydrogen) atoms. The maximum atomic E-state index is 14.7. The molecule has 1 N–H and O–H groups in total. The molecular formula is C22H20FN3O3. The minimum atomic E-state index is -0.840. The molecule has 2 aliphatic heterocycles. The third-order valence-corrected chi connectivity index (χ3v) is 5.21. The predicted octanol–water partition coefficient (Wildman–Crippen LogP) is 3.40. The Kier molecular flexibility index (Phi) is 4.88. The normalized spacial score (nSPS) is 18.6. The van der Waals surface area contributed by atoms with Crippen molar-refractivity contribution in [1.82, 2.24) is 5.32 Å². The molecule has 7 heteroatoms. The Balaban J connectivity index is 1.69. The van der Waals surface area contributed by atoms with Gasteiger partial charge in [-0.3, -0.25) is 14.9 Å². The number of hydrogen-bond acceptors (Lipinski definition) is 4. The summed E-state index contributed by atoms with van der Waals surface area (Å²) in [6.45, 7) is 3.52. The molecule has 148 valence electrons. The molecule has 0 aliphatic carbocycles. The number of imide groups is 2. The van der Waals surface area contributed by atoms with E-state index in [9.17, 15) is 18.8 Å². The number of anilines is 2. The van der Waals surface area contributed by atoms with E-state index in [-0.39, 0.29) is 11.1 Å². The summed E-state index contributed by atoms with van der Waals surface area (Å²) in [5.41, 5.74) is 1.67. The van der Waals surface area contributed by atoms with Crippen LogP contribution in [0.5, 0.6) is 0 Å². The number of barbiturate groups is 1. The van der Waals surface area contributed by atoms with Gasteiger partial charge in [-0.1, -0.05) is 18.2 Å². The van der Waals surface area contributed by atoms with Crippen LogP contribution in [0, 0.1) is 12.7 Å². The quantitative estimate of drug-likeness (QED) is 0.641. The van der Waals surface area contributed by atoms with E-state index in [1.54, 1.807) is 43.3 Å².